The van der Waals surface area contributed by atoms with Gasteiger partial charge in [-0.15, -0.1) is 0 Å². The van der Waals surface area contributed by atoms with Gasteiger partial charge in [-0.05, 0) is 68.8 Å². The Hall–Kier alpha value is -4.82. The summed E-state index contributed by atoms with van der Waals surface area (Å²) in [5.41, 5.74) is 19.6. The van der Waals surface area contributed by atoms with Crippen molar-refractivity contribution in [2.45, 2.75) is 57.8 Å². The summed E-state index contributed by atoms with van der Waals surface area (Å²) in [5, 5.41) is 0. The number of hydrogen-bond donors (Lipinski definition) is 0. The predicted molar refractivity (Wildman–Crippen MR) is 186 cm³/mol. The van der Waals surface area contributed by atoms with Crippen LogP contribution in [0.4, 0.5) is 0 Å². The van der Waals surface area contributed by atoms with Crippen LogP contribution < -0.4 is 0 Å². The van der Waals surface area contributed by atoms with Crippen LogP contribution in [0.3, 0.4) is 0 Å². The minimum Gasteiger partial charge on any atom is -0.247 e. The Morgan fingerprint density at radius 2 is 0.711 bits per heavy atom. The van der Waals surface area contributed by atoms with Crippen LogP contribution >= 0.6 is 0 Å². The van der Waals surface area contributed by atoms with Crippen LogP contribution in [0, 0.1) is 0 Å². The molecule has 0 saturated carbocycles. The molecule has 4 aromatic carbocycles. The monoisotopic (exact) mass is 580 g/mol. The lowest BCUT2D eigenvalue weighted by Crippen LogP contribution is -2.15. The van der Waals surface area contributed by atoms with Gasteiger partial charge in [-0.1, -0.05) is 126 Å². The van der Waals surface area contributed by atoms with Gasteiger partial charge in [-0.3, -0.25) is 0 Å². The van der Waals surface area contributed by atoms with E-state index in [1.54, 1.807) is 0 Å². The summed E-state index contributed by atoms with van der Waals surface area (Å²) in [7, 11) is 0. The fourth-order valence-electron chi connectivity index (χ4n) is 8.51. The molecule has 3 aliphatic rings. The summed E-state index contributed by atoms with van der Waals surface area (Å²) in [5.74, 6) is 0. The topological polar surface area (TPSA) is 25.8 Å². The maximum atomic E-state index is 5.30. The average Bonchev–Trinajstić information content (AvgIpc) is 3.53. The highest BCUT2D eigenvalue weighted by Gasteiger charge is 2.39. The van der Waals surface area contributed by atoms with E-state index in [-0.39, 0.29) is 16.2 Å². The van der Waals surface area contributed by atoms with Gasteiger partial charge in [-0.2, -0.15) is 0 Å². The van der Waals surface area contributed by atoms with Crippen LogP contribution in [0.1, 0.15) is 74.9 Å². The zero-order chi connectivity index (χ0) is 30.9. The summed E-state index contributed by atoms with van der Waals surface area (Å²) >= 11 is 0. The molecule has 3 aliphatic carbocycles. The van der Waals surface area contributed by atoms with E-state index in [9.17, 15) is 0 Å². The highest BCUT2D eigenvalue weighted by Crippen LogP contribution is 2.53. The second-order valence-corrected chi connectivity index (χ2v) is 14.7. The Bertz CT molecular complexity index is 2090. The molecule has 2 nitrogen and oxygen atoms in total. The van der Waals surface area contributed by atoms with E-state index in [0.717, 1.165) is 33.9 Å². The smallest absolute Gasteiger partial charge is 0.0753 e. The summed E-state index contributed by atoms with van der Waals surface area (Å²) in [4.78, 5) is 10.6. The van der Waals surface area contributed by atoms with Gasteiger partial charge < -0.3 is 0 Å². The molecule has 218 valence electrons. The number of rotatable bonds is 2. The summed E-state index contributed by atoms with van der Waals surface area (Å²) in [6.07, 6.45) is 0. The zero-order valence-corrected chi connectivity index (χ0v) is 26.8. The average molecular weight is 581 g/mol. The second-order valence-electron chi connectivity index (χ2n) is 14.7. The molecule has 0 radical (unpaired) electrons. The first kappa shape index (κ1) is 26.6. The first-order chi connectivity index (χ1) is 21.6. The minimum atomic E-state index is -0.0790. The maximum Gasteiger partial charge on any atom is 0.0753 e. The van der Waals surface area contributed by atoms with Crippen LogP contribution in [0.15, 0.2) is 109 Å². The molecule has 0 atom stereocenters. The van der Waals surface area contributed by atoms with Crippen molar-refractivity contribution in [3.8, 4) is 56.2 Å². The third-order valence-corrected chi connectivity index (χ3v) is 11.1. The first-order valence-corrected chi connectivity index (χ1v) is 16.1. The van der Waals surface area contributed by atoms with Crippen LogP contribution in [0.25, 0.3) is 56.2 Å². The molecule has 0 spiro atoms. The Kier molecular flexibility index (Phi) is 5.12. The van der Waals surface area contributed by atoms with Crippen molar-refractivity contribution < 1.29 is 0 Å². The molecular weight excluding hydrogens is 544 g/mol. The molecule has 2 aromatic heterocycles. The molecule has 2 heterocycles. The van der Waals surface area contributed by atoms with E-state index >= 15 is 0 Å². The molecule has 45 heavy (non-hydrogen) atoms. The Morgan fingerprint density at radius 1 is 0.356 bits per heavy atom. The third kappa shape index (κ3) is 3.46. The van der Waals surface area contributed by atoms with E-state index in [0.29, 0.717) is 0 Å². The maximum absolute atomic E-state index is 5.30. The largest absolute Gasteiger partial charge is 0.247 e. The van der Waals surface area contributed by atoms with Gasteiger partial charge in [0.05, 0.1) is 22.8 Å². The number of aromatic nitrogens is 2. The van der Waals surface area contributed by atoms with Gasteiger partial charge in [0.15, 0.2) is 0 Å². The van der Waals surface area contributed by atoms with E-state index in [4.69, 9.17) is 9.97 Å². The summed E-state index contributed by atoms with van der Waals surface area (Å²) < 4.78 is 0. The molecule has 9 rings (SSSR count). The third-order valence-electron chi connectivity index (χ3n) is 11.1. The molecule has 0 amide bonds. The predicted octanol–water partition coefficient (Wildman–Crippen LogP) is 10.7. The Morgan fingerprint density at radius 3 is 1.16 bits per heavy atom. The van der Waals surface area contributed by atoms with E-state index in [1.807, 2.05) is 0 Å². The van der Waals surface area contributed by atoms with E-state index < -0.39 is 0 Å². The van der Waals surface area contributed by atoms with Crippen LogP contribution in [-0.2, 0) is 16.2 Å². The quantitative estimate of drug-likeness (QED) is 0.204. The standard InChI is InChI=1S/C43H36N2/c1-41(2)33-17-15-25(37-21-19-35-39(44-37)27-11-7-9-13-31(27)42(35,3)4)23-29(33)30-24-26(16-18-34(30)41)38-22-20-36-40(45-38)28-12-8-10-14-32(28)43(36,5)6/h7-24H,1-6H3. The minimum absolute atomic E-state index is 0.0435. The van der Waals surface area contributed by atoms with Crippen LogP contribution in [-0.4, -0.2) is 9.97 Å². The molecular formula is C43H36N2. The molecule has 0 bridgehead atoms. The molecule has 2 heteroatoms. The number of pyridine rings is 2. The van der Waals surface area contributed by atoms with Gasteiger partial charge in [-0.25, -0.2) is 9.97 Å². The van der Waals surface area contributed by atoms with Gasteiger partial charge in [0, 0.05) is 38.5 Å². The zero-order valence-electron chi connectivity index (χ0n) is 26.8. The van der Waals surface area contributed by atoms with Crippen molar-refractivity contribution in [1.29, 1.82) is 0 Å². The van der Waals surface area contributed by atoms with Gasteiger partial charge in [0.2, 0.25) is 0 Å². The summed E-state index contributed by atoms with van der Waals surface area (Å²) in [6, 6.07) is 40.3. The lowest BCUT2D eigenvalue weighted by Gasteiger charge is -2.22. The number of benzene rings is 4. The van der Waals surface area contributed by atoms with Crippen LogP contribution in [0.5, 0.6) is 0 Å². The molecule has 0 saturated heterocycles. The number of fused-ring (bicyclic) bond motifs is 9. The van der Waals surface area contributed by atoms with Crippen molar-refractivity contribution in [2.75, 3.05) is 0 Å². The SMILES string of the molecule is CC1(C)c2ccc(-c3ccc4c(n3)-c3ccccc3C4(C)C)cc2-c2cc(-c3ccc4c(n3)-c3ccccc3C4(C)C)ccc21. The van der Waals surface area contributed by atoms with Crippen molar-refractivity contribution in [3.63, 3.8) is 0 Å². The summed E-state index contributed by atoms with van der Waals surface area (Å²) in [6.45, 7) is 13.9. The van der Waals surface area contributed by atoms with Crippen molar-refractivity contribution >= 4 is 0 Å². The molecule has 0 fully saturated rings. The molecule has 6 aromatic rings. The second kappa shape index (κ2) is 8.67. The number of hydrogen-bond acceptors (Lipinski definition) is 2. The van der Waals surface area contributed by atoms with Crippen molar-refractivity contribution in [1.82, 2.24) is 9.97 Å². The fourth-order valence-corrected chi connectivity index (χ4v) is 8.51. The lowest BCUT2D eigenvalue weighted by atomic mass is 9.82. The Labute approximate surface area is 265 Å². The van der Waals surface area contributed by atoms with Gasteiger partial charge >= 0.3 is 0 Å². The Balaban J connectivity index is 1.16. The fraction of sp³-hybridized carbons (Fsp3) is 0.209. The molecule has 0 unspecified atom stereocenters. The number of nitrogens with zero attached hydrogens (tertiary/aromatic N) is 2. The van der Waals surface area contributed by atoms with Crippen molar-refractivity contribution in [2.24, 2.45) is 0 Å². The van der Waals surface area contributed by atoms with E-state index in [1.165, 1.54) is 55.6 Å². The van der Waals surface area contributed by atoms with Crippen molar-refractivity contribution in [3.05, 3.63) is 143 Å². The molecule has 0 aliphatic heterocycles. The normalized spacial score (nSPS) is 16.8. The van der Waals surface area contributed by atoms with Gasteiger partial charge in [0.1, 0.15) is 0 Å². The van der Waals surface area contributed by atoms with Gasteiger partial charge in [0.25, 0.3) is 0 Å². The lowest BCUT2D eigenvalue weighted by molar-refractivity contribution is 0.659. The first-order valence-electron chi connectivity index (χ1n) is 16.1. The highest BCUT2D eigenvalue weighted by molar-refractivity contribution is 5.88. The molecule has 0 N–H and O–H groups in total. The van der Waals surface area contributed by atoms with E-state index in [2.05, 4.69) is 151 Å². The highest BCUT2D eigenvalue weighted by atomic mass is 14.8. The van der Waals surface area contributed by atoms with Crippen LogP contribution in [0.2, 0.25) is 0 Å².